The van der Waals surface area contributed by atoms with Crippen molar-refractivity contribution in [1.82, 2.24) is 0 Å². The number of anilines is 1. The third kappa shape index (κ3) is 3.24. The second kappa shape index (κ2) is 5.55. The summed E-state index contributed by atoms with van der Waals surface area (Å²) in [4.78, 5) is 12.4. The molecule has 0 radical (unpaired) electrons. The molecule has 18 heavy (non-hydrogen) atoms. The van der Waals surface area contributed by atoms with Gasteiger partial charge in [0.15, 0.2) is 11.6 Å². The van der Waals surface area contributed by atoms with Crippen LogP contribution in [0.1, 0.15) is 4.88 Å². The number of carbonyl (C=O) groups is 1. The van der Waals surface area contributed by atoms with Gasteiger partial charge in [-0.1, -0.05) is 6.07 Å². The number of halogens is 2. The van der Waals surface area contributed by atoms with Gasteiger partial charge in [0.05, 0.1) is 0 Å². The molecule has 0 fully saturated rings. The number of rotatable bonds is 3. The fourth-order valence-corrected chi connectivity index (χ4v) is 1.92. The topological polar surface area (TPSA) is 29.1 Å². The van der Waals surface area contributed by atoms with E-state index in [1.54, 1.807) is 6.08 Å². The Labute approximate surface area is 107 Å². The largest absolute Gasteiger partial charge is 0.322 e. The van der Waals surface area contributed by atoms with Crippen LogP contribution in [0.4, 0.5) is 14.5 Å². The van der Waals surface area contributed by atoms with Crippen molar-refractivity contribution in [1.29, 1.82) is 0 Å². The second-order valence-corrected chi connectivity index (χ2v) is 4.45. The zero-order chi connectivity index (χ0) is 13.0. The van der Waals surface area contributed by atoms with Crippen LogP contribution in [0.15, 0.2) is 41.8 Å². The second-order valence-electron chi connectivity index (χ2n) is 3.47. The Morgan fingerprint density at radius 1 is 1.22 bits per heavy atom. The molecule has 5 heteroatoms. The van der Waals surface area contributed by atoms with Gasteiger partial charge in [0, 0.05) is 22.7 Å². The van der Waals surface area contributed by atoms with Gasteiger partial charge in [-0.3, -0.25) is 4.79 Å². The Morgan fingerprint density at radius 2 is 2.06 bits per heavy atom. The minimum atomic E-state index is -0.991. The van der Waals surface area contributed by atoms with Gasteiger partial charge in [0.1, 0.15) is 0 Å². The smallest absolute Gasteiger partial charge is 0.248 e. The standard InChI is InChI=1S/C13H9F2NOS/c14-11-5-3-9(8-12(11)15)16-13(17)6-4-10-2-1-7-18-10/h1-8H,(H,16,17). The van der Waals surface area contributed by atoms with Crippen molar-refractivity contribution >= 4 is 29.0 Å². The van der Waals surface area contributed by atoms with E-state index >= 15 is 0 Å². The summed E-state index contributed by atoms with van der Waals surface area (Å²) in [6.45, 7) is 0. The highest BCUT2D eigenvalue weighted by atomic mass is 32.1. The average Bonchev–Trinajstić information content (AvgIpc) is 2.84. The van der Waals surface area contributed by atoms with E-state index in [4.69, 9.17) is 0 Å². The highest BCUT2D eigenvalue weighted by molar-refractivity contribution is 7.10. The minimum absolute atomic E-state index is 0.217. The number of carbonyl (C=O) groups excluding carboxylic acids is 1. The highest BCUT2D eigenvalue weighted by Gasteiger charge is 2.04. The lowest BCUT2D eigenvalue weighted by Gasteiger charge is -2.02. The zero-order valence-electron chi connectivity index (χ0n) is 9.19. The van der Waals surface area contributed by atoms with Crippen LogP contribution in [0.2, 0.25) is 0 Å². The Morgan fingerprint density at radius 3 is 2.72 bits per heavy atom. The van der Waals surface area contributed by atoms with Gasteiger partial charge in [-0.25, -0.2) is 8.78 Å². The predicted octanol–water partition coefficient (Wildman–Crippen LogP) is 3.68. The molecular formula is C13H9F2NOS. The minimum Gasteiger partial charge on any atom is -0.322 e. The fourth-order valence-electron chi connectivity index (χ4n) is 1.30. The molecule has 1 heterocycles. The normalized spacial score (nSPS) is 10.8. The van der Waals surface area contributed by atoms with Crippen molar-refractivity contribution in [3.8, 4) is 0 Å². The third-order valence-corrected chi connectivity index (χ3v) is 2.97. The van der Waals surface area contributed by atoms with Crippen molar-refractivity contribution in [3.05, 3.63) is 58.3 Å². The van der Waals surface area contributed by atoms with Crippen LogP contribution in [-0.2, 0) is 4.79 Å². The number of thiophene rings is 1. The molecule has 1 aromatic heterocycles. The van der Waals surface area contributed by atoms with Gasteiger partial charge >= 0.3 is 0 Å². The molecular weight excluding hydrogens is 256 g/mol. The van der Waals surface area contributed by atoms with E-state index in [-0.39, 0.29) is 5.69 Å². The van der Waals surface area contributed by atoms with Crippen molar-refractivity contribution in [2.75, 3.05) is 5.32 Å². The summed E-state index contributed by atoms with van der Waals surface area (Å²) < 4.78 is 25.6. The van der Waals surface area contributed by atoms with E-state index < -0.39 is 17.5 Å². The lowest BCUT2D eigenvalue weighted by molar-refractivity contribution is -0.111. The lowest BCUT2D eigenvalue weighted by Crippen LogP contribution is -2.08. The van der Waals surface area contributed by atoms with Crippen LogP contribution >= 0.6 is 11.3 Å². The van der Waals surface area contributed by atoms with E-state index in [9.17, 15) is 13.6 Å². The first-order valence-electron chi connectivity index (χ1n) is 5.13. The molecule has 0 saturated heterocycles. The van der Waals surface area contributed by atoms with Crippen LogP contribution in [0.25, 0.3) is 6.08 Å². The first-order valence-corrected chi connectivity index (χ1v) is 6.01. The van der Waals surface area contributed by atoms with Crippen LogP contribution in [0.5, 0.6) is 0 Å². The van der Waals surface area contributed by atoms with Crippen LogP contribution in [0.3, 0.4) is 0 Å². The van der Waals surface area contributed by atoms with Crippen molar-refractivity contribution in [2.24, 2.45) is 0 Å². The van der Waals surface area contributed by atoms with Gasteiger partial charge in [0.25, 0.3) is 0 Å². The summed E-state index contributed by atoms with van der Waals surface area (Å²) in [6, 6.07) is 6.94. The molecule has 1 N–H and O–H groups in total. The van der Waals surface area contributed by atoms with E-state index in [2.05, 4.69) is 5.32 Å². The van der Waals surface area contributed by atoms with Gasteiger partial charge < -0.3 is 5.32 Å². The highest BCUT2D eigenvalue weighted by Crippen LogP contribution is 2.14. The van der Waals surface area contributed by atoms with E-state index in [0.29, 0.717) is 0 Å². The maximum absolute atomic E-state index is 12.9. The number of hydrogen-bond acceptors (Lipinski definition) is 2. The fraction of sp³-hybridized carbons (Fsp3) is 0. The predicted molar refractivity (Wildman–Crippen MR) is 68.3 cm³/mol. The van der Waals surface area contributed by atoms with E-state index in [1.807, 2.05) is 17.5 Å². The van der Waals surface area contributed by atoms with Crippen LogP contribution in [0, 0.1) is 11.6 Å². The Kier molecular flexibility index (Phi) is 3.84. The molecule has 0 aliphatic heterocycles. The monoisotopic (exact) mass is 265 g/mol. The van der Waals surface area contributed by atoms with E-state index in [0.717, 1.165) is 17.0 Å². The first kappa shape index (κ1) is 12.4. The summed E-state index contributed by atoms with van der Waals surface area (Å²) in [5.74, 6) is -2.33. The molecule has 1 aromatic carbocycles. The van der Waals surface area contributed by atoms with E-state index in [1.165, 1.54) is 23.5 Å². The molecule has 92 valence electrons. The molecule has 0 aliphatic rings. The molecule has 0 saturated carbocycles. The quantitative estimate of drug-likeness (QED) is 0.843. The maximum Gasteiger partial charge on any atom is 0.248 e. The Hall–Kier alpha value is -2.01. The Balaban J connectivity index is 2.01. The summed E-state index contributed by atoms with van der Waals surface area (Å²) in [5.41, 5.74) is 0.217. The summed E-state index contributed by atoms with van der Waals surface area (Å²) in [6.07, 6.45) is 2.99. The maximum atomic E-state index is 12.9. The number of hydrogen-bond donors (Lipinski definition) is 1. The molecule has 2 aromatic rings. The average molecular weight is 265 g/mol. The van der Waals surface area contributed by atoms with Gasteiger partial charge in [-0.2, -0.15) is 0 Å². The Bertz CT molecular complexity index is 579. The number of benzene rings is 1. The molecule has 0 bridgehead atoms. The van der Waals surface area contributed by atoms with Gasteiger partial charge in [-0.05, 0) is 29.7 Å². The van der Waals surface area contributed by atoms with Gasteiger partial charge in [0.2, 0.25) is 5.91 Å². The summed E-state index contributed by atoms with van der Waals surface area (Å²) >= 11 is 1.50. The molecule has 2 rings (SSSR count). The van der Waals surface area contributed by atoms with Crippen molar-refractivity contribution in [3.63, 3.8) is 0 Å². The van der Waals surface area contributed by atoms with Crippen molar-refractivity contribution < 1.29 is 13.6 Å². The molecule has 0 atom stereocenters. The SMILES string of the molecule is O=C(C=Cc1cccs1)Nc1ccc(F)c(F)c1. The molecule has 1 amide bonds. The third-order valence-electron chi connectivity index (χ3n) is 2.13. The molecule has 2 nitrogen and oxygen atoms in total. The molecule has 0 spiro atoms. The number of amides is 1. The molecule has 0 aliphatic carbocycles. The van der Waals surface area contributed by atoms with Crippen LogP contribution in [-0.4, -0.2) is 5.91 Å². The number of nitrogens with one attached hydrogen (secondary N) is 1. The van der Waals surface area contributed by atoms with Crippen LogP contribution < -0.4 is 5.32 Å². The first-order chi connectivity index (χ1) is 8.65. The van der Waals surface area contributed by atoms with Crippen molar-refractivity contribution in [2.45, 2.75) is 0 Å². The zero-order valence-corrected chi connectivity index (χ0v) is 10.0. The lowest BCUT2D eigenvalue weighted by atomic mass is 10.3. The summed E-state index contributed by atoms with van der Waals surface area (Å²) in [7, 11) is 0. The van der Waals surface area contributed by atoms with Gasteiger partial charge in [-0.15, -0.1) is 11.3 Å². The molecule has 0 unspecified atom stereocenters. The summed E-state index contributed by atoms with van der Waals surface area (Å²) in [5, 5.41) is 4.34.